The van der Waals surface area contributed by atoms with Gasteiger partial charge in [0, 0.05) is 23.5 Å². The van der Waals surface area contributed by atoms with Crippen LogP contribution in [0.4, 0.5) is 17.1 Å². The first-order valence-electron chi connectivity index (χ1n) is 7.36. The minimum Gasteiger partial charge on any atom is -0.399 e. The fourth-order valence-electron chi connectivity index (χ4n) is 2.14. The van der Waals surface area contributed by atoms with Crippen LogP contribution in [0.15, 0.2) is 66.4 Å². The van der Waals surface area contributed by atoms with Crippen LogP contribution in [0.1, 0.15) is 12.0 Å². The second-order valence-corrected chi connectivity index (χ2v) is 5.60. The van der Waals surface area contributed by atoms with Crippen molar-refractivity contribution in [1.82, 2.24) is 0 Å². The van der Waals surface area contributed by atoms with Gasteiger partial charge in [0.2, 0.25) is 5.79 Å². The van der Waals surface area contributed by atoms with Gasteiger partial charge >= 0.3 is 0 Å². The van der Waals surface area contributed by atoms with Gasteiger partial charge in [0.1, 0.15) is 0 Å². The molecule has 0 aliphatic heterocycles. The Kier molecular flexibility index (Phi) is 5.13. The fraction of sp³-hybridized carbons (Fsp3) is 0.111. The average molecular weight is 326 g/mol. The van der Waals surface area contributed by atoms with Crippen LogP contribution in [0.5, 0.6) is 0 Å². The predicted octanol–water partition coefficient (Wildman–Crippen LogP) is 1.43. The Labute approximate surface area is 140 Å². The van der Waals surface area contributed by atoms with Gasteiger partial charge in [-0.25, -0.2) is 0 Å². The fourth-order valence-corrected chi connectivity index (χ4v) is 2.14. The zero-order chi connectivity index (χ0) is 17.7. The summed E-state index contributed by atoms with van der Waals surface area (Å²) in [4.78, 5) is 0. The molecule has 6 heteroatoms. The molecule has 0 spiro atoms. The van der Waals surface area contributed by atoms with Crippen molar-refractivity contribution >= 4 is 22.6 Å². The van der Waals surface area contributed by atoms with Crippen LogP contribution in [-0.4, -0.2) is 16.0 Å². The van der Waals surface area contributed by atoms with Crippen molar-refractivity contribution < 1.29 is 10.2 Å². The van der Waals surface area contributed by atoms with E-state index in [1.54, 1.807) is 42.5 Å². The number of allylic oxidation sites excluding steroid dienone is 2. The molecule has 0 bridgehead atoms. The number of benzene rings is 2. The van der Waals surface area contributed by atoms with E-state index in [1.165, 1.54) is 6.08 Å². The van der Waals surface area contributed by atoms with Gasteiger partial charge in [0.25, 0.3) is 0 Å². The monoisotopic (exact) mass is 326 g/mol. The topological polar surface area (TPSA) is 145 Å². The molecule has 0 aromatic heterocycles. The van der Waals surface area contributed by atoms with Crippen molar-refractivity contribution in [3.05, 3.63) is 71.9 Å². The summed E-state index contributed by atoms with van der Waals surface area (Å²) < 4.78 is 0. The van der Waals surface area contributed by atoms with Crippen LogP contribution in [0.25, 0.3) is 5.57 Å². The first kappa shape index (κ1) is 17.4. The molecule has 0 radical (unpaired) electrons. The number of nitrogens with two attached hydrogens (primary N) is 4. The van der Waals surface area contributed by atoms with Crippen LogP contribution in [0.3, 0.4) is 0 Å². The summed E-state index contributed by atoms with van der Waals surface area (Å²) in [5.41, 5.74) is 25.8. The summed E-state index contributed by atoms with van der Waals surface area (Å²) in [5.74, 6) is -1.95. The van der Waals surface area contributed by atoms with E-state index in [4.69, 9.17) is 22.9 Å². The lowest BCUT2D eigenvalue weighted by molar-refractivity contribution is -0.124. The van der Waals surface area contributed by atoms with E-state index in [1.807, 2.05) is 12.1 Å². The second-order valence-electron chi connectivity index (χ2n) is 5.60. The summed E-state index contributed by atoms with van der Waals surface area (Å²) in [6.07, 6.45) is 3.37. The molecule has 0 unspecified atom stereocenters. The zero-order valence-electron chi connectivity index (χ0n) is 13.2. The highest BCUT2D eigenvalue weighted by molar-refractivity contribution is 5.70. The van der Waals surface area contributed by atoms with E-state index in [0.717, 1.165) is 22.5 Å². The zero-order valence-corrected chi connectivity index (χ0v) is 13.2. The molecule has 10 N–H and O–H groups in total. The largest absolute Gasteiger partial charge is 0.399 e. The van der Waals surface area contributed by atoms with Crippen LogP contribution >= 0.6 is 0 Å². The van der Waals surface area contributed by atoms with E-state index in [2.05, 4.69) is 0 Å². The molecule has 0 heterocycles. The highest BCUT2D eigenvalue weighted by atomic mass is 16.5. The molecule has 1 aliphatic carbocycles. The SMILES string of the molecule is NC1=CC=C(c2ccc(N)cc2)CC1(O)O.Nc1ccc(N)cc1. The summed E-state index contributed by atoms with van der Waals surface area (Å²) in [6, 6.07) is 14.3. The average Bonchev–Trinajstić information content (AvgIpc) is 2.54. The van der Waals surface area contributed by atoms with E-state index in [0.29, 0.717) is 5.69 Å². The lowest BCUT2D eigenvalue weighted by Gasteiger charge is -2.26. The molecule has 126 valence electrons. The molecular weight excluding hydrogens is 304 g/mol. The Morgan fingerprint density at radius 1 is 0.667 bits per heavy atom. The Hall–Kier alpha value is -2.96. The van der Waals surface area contributed by atoms with Crippen LogP contribution in [0.2, 0.25) is 0 Å². The van der Waals surface area contributed by atoms with Crippen molar-refractivity contribution in [3.63, 3.8) is 0 Å². The highest BCUT2D eigenvalue weighted by Crippen LogP contribution is 2.30. The molecule has 0 atom stereocenters. The molecule has 6 nitrogen and oxygen atoms in total. The predicted molar refractivity (Wildman–Crippen MR) is 98.2 cm³/mol. The van der Waals surface area contributed by atoms with Gasteiger partial charge in [-0.15, -0.1) is 0 Å². The van der Waals surface area contributed by atoms with Gasteiger partial charge in [-0.3, -0.25) is 0 Å². The van der Waals surface area contributed by atoms with E-state index in [9.17, 15) is 10.2 Å². The lowest BCUT2D eigenvalue weighted by atomic mass is 9.92. The van der Waals surface area contributed by atoms with Gasteiger partial charge in [-0.05, 0) is 53.6 Å². The first-order valence-corrected chi connectivity index (χ1v) is 7.36. The van der Waals surface area contributed by atoms with Crippen LogP contribution in [0, 0.1) is 0 Å². The number of anilines is 3. The first-order chi connectivity index (χ1) is 11.3. The maximum absolute atomic E-state index is 9.63. The van der Waals surface area contributed by atoms with Crippen LogP contribution < -0.4 is 22.9 Å². The normalized spacial score (nSPS) is 15.6. The molecule has 2 aromatic rings. The molecule has 2 aromatic carbocycles. The molecule has 3 rings (SSSR count). The Morgan fingerprint density at radius 3 is 1.50 bits per heavy atom. The molecule has 0 fully saturated rings. The van der Waals surface area contributed by atoms with Crippen molar-refractivity contribution in [2.24, 2.45) is 5.73 Å². The standard InChI is InChI=1S/C12H14N2O2.C6H8N2/c13-10-4-1-8(2-5-10)9-3-6-11(14)12(15,16)7-9;7-5-1-2-6(8)4-3-5/h1-6,15-16H,7,13-14H2;1-4H,7-8H2. The maximum Gasteiger partial charge on any atom is 0.208 e. The van der Waals surface area contributed by atoms with E-state index >= 15 is 0 Å². The van der Waals surface area contributed by atoms with Gasteiger partial charge in [0.15, 0.2) is 0 Å². The molecule has 24 heavy (non-hydrogen) atoms. The number of nitrogen functional groups attached to an aromatic ring is 3. The van der Waals surface area contributed by atoms with Crippen molar-refractivity contribution in [2.75, 3.05) is 17.2 Å². The summed E-state index contributed by atoms with van der Waals surface area (Å²) in [5, 5.41) is 19.3. The molecule has 0 saturated heterocycles. The Bertz CT molecular complexity index is 727. The molecule has 0 saturated carbocycles. The smallest absolute Gasteiger partial charge is 0.208 e. The summed E-state index contributed by atoms with van der Waals surface area (Å²) >= 11 is 0. The minimum absolute atomic E-state index is 0.0618. The lowest BCUT2D eigenvalue weighted by Crippen LogP contribution is -2.36. The van der Waals surface area contributed by atoms with Crippen LogP contribution in [-0.2, 0) is 0 Å². The van der Waals surface area contributed by atoms with Gasteiger partial charge in [-0.2, -0.15) is 0 Å². The van der Waals surface area contributed by atoms with Crippen molar-refractivity contribution in [2.45, 2.75) is 12.2 Å². The minimum atomic E-state index is -1.95. The third kappa shape index (κ3) is 4.52. The van der Waals surface area contributed by atoms with Gasteiger partial charge < -0.3 is 33.1 Å². The van der Waals surface area contributed by atoms with E-state index < -0.39 is 5.79 Å². The maximum atomic E-state index is 9.63. The Balaban J connectivity index is 0.000000219. The number of rotatable bonds is 1. The second kappa shape index (κ2) is 7.08. The molecular formula is C18H22N4O2. The third-order valence-electron chi connectivity index (χ3n) is 3.58. The number of hydrogen-bond acceptors (Lipinski definition) is 6. The highest BCUT2D eigenvalue weighted by Gasteiger charge is 2.30. The molecule has 1 aliphatic rings. The van der Waals surface area contributed by atoms with Crippen molar-refractivity contribution in [1.29, 1.82) is 0 Å². The summed E-state index contributed by atoms with van der Waals surface area (Å²) in [6.45, 7) is 0. The van der Waals surface area contributed by atoms with Crippen molar-refractivity contribution in [3.8, 4) is 0 Å². The quantitative estimate of drug-likeness (QED) is 0.345. The number of aliphatic hydroxyl groups is 2. The number of hydrogen-bond donors (Lipinski definition) is 6. The van der Waals surface area contributed by atoms with Gasteiger partial charge in [0.05, 0.1) is 5.70 Å². The Morgan fingerprint density at radius 2 is 1.08 bits per heavy atom. The van der Waals surface area contributed by atoms with Gasteiger partial charge in [-0.1, -0.05) is 18.2 Å². The molecule has 0 amide bonds. The van der Waals surface area contributed by atoms with E-state index in [-0.39, 0.29) is 12.1 Å². The third-order valence-corrected chi connectivity index (χ3v) is 3.58. The summed E-state index contributed by atoms with van der Waals surface area (Å²) in [7, 11) is 0.